The van der Waals surface area contributed by atoms with E-state index in [0.29, 0.717) is 5.69 Å². The molecule has 0 spiro atoms. The van der Waals surface area contributed by atoms with E-state index >= 15 is 0 Å². The zero-order valence-corrected chi connectivity index (χ0v) is 18.1. The molecule has 6 nitrogen and oxygen atoms in total. The van der Waals surface area contributed by atoms with Crippen LogP contribution in [0.25, 0.3) is 0 Å². The Morgan fingerprint density at radius 2 is 1.87 bits per heavy atom. The van der Waals surface area contributed by atoms with Crippen molar-refractivity contribution in [3.8, 4) is 0 Å². The predicted molar refractivity (Wildman–Crippen MR) is 116 cm³/mol. The van der Waals surface area contributed by atoms with Crippen molar-refractivity contribution in [3.05, 3.63) is 53.6 Å². The molecule has 2 N–H and O–H groups in total. The minimum Gasteiger partial charge on any atom is -0.325 e. The fourth-order valence-corrected chi connectivity index (χ4v) is 4.67. The highest BCUT2D eigenvalue weighted by atomic mass is 32.2. The van der Waals surface area contributed by atoms with Gasteiger partial charge in [0.15, 0.2) is 0 Å². The highest BCUT2D eigenvalue weighted by Gasteiger charge is 2.56. The van der Waals surface area contributed by atoms with E-state index in [-0.39, 0.29) is 18.4 Å². The number of hydrogen-bond donors (Lipinski definition) is 2. The van der Waals surface area contributed by atoms with Gasteiger partial charge in [0, 0.05) is 15.5 Å². The number of benzene rings is 2. The van der Waals surface area contributed by atoms with Gasteiger partial charge in [0.25, 0.3) is 5.91 Å². The number of amides is 4. The third kappa shape index (κ3) is 4.07. The summed E-state index contributed by atoms with van der Waals surface area (Å²) in [6.07, 6.45) is 1.85. The van der Waals surface area contributed by atoms with Crippen molar-refractivity contribution in [1.82, 2.24) is 10.2 Å². The lowest BCUT2D eigenvalue weighted by molar-refractivity contribution is -0.134. The number of anilines is 1. The lowest BCUT2D eigenvalue weighted by atomic mass is 9.96. The summed E-state index contributed by atoms with van der Waals surface area (Å²) < 4.78 is 0. The average molecular weight is 424 g/mol. The lowest BCUT2D eigenvalue weighted by Gasteiger charge is -2.20. The van der Waals surface area contributed by atoms with Gasteiger partial charge in [-0.2, -0.15) is 0 Å². The third-order valence-corrected chi connectivity index (χ3v) is 6.88. The SMILES string of the molecule is Cc1ccc(Sc2ccc(NC(=O)CN3C(=O)NC(C)(C4CC4)C3=O)cc2)c(C)c1. The molecule has 30 heavy (non-hydrogen) atoms. The molecule has 1 aliphatic carbocycles. The summed E-state index contributed by atoms with van der Waals surface area (Å²) in [7, 11) is 0. The maximum Gasteiger partial charge on any atom is 0.325 e. The van der Waals surface area contributed by atoms with Gasteiger partial charge in [-0.1, -0.05) is 29.5 Å². The number of urea groups is 1. The molecule has 4 rings (SSSR count). The quantitative estimate of drug-likeness (QED) is 0.686. The summed E-state index contributed by atoms with van der Waals surface area (Å²) in [5, 5.41) is 5.52. The molecule has 1 atom stereocenters. The van der Waals surface area contributed by atoms with E-state index in [1.54, 1.807) is 18.7 Å². The van der Waals surface area contributed by atoms with E-state index in [1.165, 1.54) is 16.0 Å². The average Bonchev–Trinajstić information content (AvgIpc) is 3.52. The molecule has 1 saturated carbocycles. The Labute approximate surface area is 180 Å². The van der Waals surface area contributed by atoms with E-state index in [1.807, 2.05) is 24.3 Å². The van der Waals surface area contributed by atoms with Gasteiger partial charge < -0.3 is 10.6 Å². The maximum atomic E-state index is 12.6. The molecule has 4 amide bonds. The smallest absolute Gasteiger partial charge is 0.325 e. The van der Waals surface area contributed by atoms with Gasteiger partial charge in [0.05, 0.1) is 0 Å². The van der Waals surface area contributed by atoms with Crippen molar-refractivity contribution in [2.75, 3.05) is 11.9 Å². The molecule has 2 aromatic rings. The first-order chi connectivity index (χ1) is 14.3. The molecule has 0 aromatic heterocycles. The standard InChI is InChI=1S/C23H25N3O3S/c1-14-4-11-19(15(2)12-14)30-18-9-7-17(8-10-18)24-20(27)13-26-21(28)23(3,16-5-6-16)25-22(26)29/h4,7-12,16H,5-6,13H2,1-3H3,(H,24,27)(H,25,29). The van der Waals surface area contributed by atoms with Crippen molar-refractivity contribution in [2.45, 2.75) is 48.9 Å². The van der Waals surface area contributed by atoms with Crippen LogP contribution >= 0.6 is 11.8 Å². The van der Waals surface area contributed by atoms with Crippen LogP contribution in [0.3, 0.4) is 0 Å². The number of aryl methyl sites for hydroxylation is 2. The molecule has 2 fully saturated rings. The predicted octanol–water partition coefficient (Wildman–Crippen LogP) is 4.11. The van der Waals surface area contributed by atoms with E-state index in [0.717, 1.165) is 22.6 Å². The van der Waals surface area contributed by atoms with Gasteiger partial charge in [-0.05, 0) is 75.4 Å². The number of hydrogen-bond acceptors (Lipinski definition) is 4. The summed E-state index contributed by atoms with van der Waals surface area (Å²) in [5.41, 5.74) is 2.22. The number of nitrogens with one attached hydrogen (secondary N) is 2. The number of carbonyl (C=O) groups excluding carboxylic acids is 3. The normalized spacial score (nSPS) is 21.0. The Bertz CT molecular complexity index is 1020. The van der Waals surface area contributed by atoms with Crippen LogP contribution in [-0.2, 0) is 9.59 Å². The lowest BCUT2D eigenvalue weighted by Crippen LogP contribution is -2.46. The molecule has 1 saturated heterocycles. The first-order valence-corrected chi connectivity index (χ1v) is 10.9. The molecular formula is C23H25N3O3S. The summed E-state index contributed by atoms with van der Waals surface area (Å²) in [6.45, 7) is 5.62. The molecule has 2 aliphatic rings. The Morgan fingerprint density at radius 3 is 2.50 bits per heavy atom. The van der Waals surface area contributed by atoms with Crippen LogP contribution < -0.4 is 10.6 Å². The van der Waals surface area contributed by atoms with Gasteiger partial charge in [0.1, 0.15) is 12.1 Å². The Kier molecular flexibility index (Phi) is 5.32. The number of nitrogens with zero attached hydrogens (tertiary/aromatic N) is 1. The summed E-state index contributed by atoms with van der Waals surface area (Å²) in [6, 6.07) is 13.4. The van der Waals surface area contributed by atoms with Crippen LogP contribution in [0.4, 0.5) is 10.5 Å². The molecule has 1 unspecified atom stereocenters. The monoisotopic (exact) mass is 423 g/mol. The first-order valence-electron chi connectivity index (χ1n) is 10.1. The third-order valence-electron chi connectivity index (χ3n) is 5.69. The van der Waals surface area contributed by atoms with Crippen LogP contribution in [0, 0.1) is 19.8 Å². The number of carbonyl (C=O) groups is 3. The van der Waals surface area contributed by atoms with Crippen molar-refractivity contribution in [3.63, 3.8) is 0 Å². The van der Waals surface area contributed by atoms with Crippen molar-refractivity contribution < 1.29 is 14.4 Å². The van der Waals surface area contributed by atoms with Crippen LogP contribution in [0.15, 0.2) is 52.3 Å². The fraction of sp³-hybridized carbons (Fsp3) is 0.348. The largest absolute Gasteiger partial charge is 0.325 e. The number of imide groups is 1. The van der Waals surface area contributed by atoms with E-state index < -0.39 is 17.5 Å². The highest BCUT2D eigenvalue weighted by molar-refractivity contribution is 7.99. The molecule has 156 valence electrons. The van der Waals surface area contributed by atoms with E-state index in [9.17, 15) is 14.4 Å². The Hall–Kier alpha value is -2.80. The van der Waals surface area contributed by atoms with Crippen LogP contribution in [0.1, 0.15) is 30.9 Å². The second kappa shape index (κ2) is 7.80. The summed E-state index contributed by atoms with van der Waals surface area (Å²) in [4.78, 5) is 40.5. The Balaban J connectivity index is 1.36. The van der Waals surface area contributed by atoms with Crippen molar-refractivity contribution in [1.29, 1.82) is 0 Å². The second-order valence-electron chi connectivity index (χ2n) is 8.24. The first kappa shape index (κ1) is 20.5. The van der Waals surface area contributed by atoms with Crippen molar-refractivity contribution >= 4 is 35.3 Å². The molecule has 1 heterocycles. The number of rotatable bonds is 6. The summed E-state index contributed by atoms with van der Waals surface area (Å²) >= 11 is 1.67. The molecule has 7 heteroatoms. The molecule has 0 bridgehead atoms. The topological polar surface area (TPSA) is 78.5 Å². The van der Waals surface area contributed by atoms with Gasteiger partial charge in [-0.15, -0.1) is 0 Å². The highest BCUT2D eigenvalue weighted by Crippen LogP contribution is 2.42. The minimum absolute atomic E-state index is 0.171. The molecule has 2 aromatic carbocycles. The molecule has 0 radical (unpaired) electrons. The van der Waals surface area contributed by atoms with Crippen LogP contribution in [0.2, 0.25) is 0 Å². The Morgan fingerprint density at radius 1 is 1.17 bits per heavy atom. The molecule has 1 aliphatic heterocycles. The fourth-order valence-electron chi connectivity index (χ4n) is 3.79. The second-order valence-corrected chi connectivity index (χ2v) is 9.36. The molecular weight excluding hydrogens is 398 g/mol. The van der Waals surface area contributed by atoms with Gasteiger partial charge >= 0.3 is 6.03 Å². The van der Waals surface area contributed by atoms with Crippen molar-refractivity contribution in [2.24, 2.45) is 5.92 Å². The summed E-state index contributed by atoms with van der Waals surface area (Å²) in [5.74, 6) is -0.539. The zero-order chi connectivity index (χ0) is 21.5. The minimum atomic E-state index is -0.871. The van der Waals surface area contributed by atoms with Crippen LogP contribution in [0.5, 0.6) is 0 Å². The van der Waals surface area contributed by atoms with Gasteiger partial charge in [-0.3, -0.25) is 14.5 Å². The van der Waals surface area contributed by atoms with Gasteiger partial charge in [0.2, 0.25) is 5.91 Å². The van der Waals surface area contributed by atoms with E-state index in [4.69, 9.17) is 0 Å². The maximum absolute atomic E-state index is 12.6. The zero-order valence-electron chi connectivity index (χ0n) is 17.3. The van der Waals surface area contributed by atoms with Gasteiger partial charge in [-0.25, -0.2) is 4.79 Å². The van der Waals surface area contributed by atoms with Crippen LogP contribution in [-0.4, -0.2) is 34.8 Å². The van der Waals surface area contributed by atoms with E-state index in [2.05, 4.69) is 42.7 Å².